The summed E-state index contributed by atoms with van der Waals surface area (Å²) in [7, 11) is 0. The van der Waals surface area contributed by atoms with Crippen LogP contribution in [0.4, 0.5) is 17.3 Å². The van der Waals surface area contributed by atoms with Gasteiger partial charge in [-0.2, -0.15) is 0 Å². The molecule has 0 saturated carbocycles. The number of fused-ring (bicyclic) bond motifs is 2. The lowest BCUT2D eigenvalue weighted by Crippen LogP contribution is -2.30. The molecule has 160 valence electrons. The number of aromatic nitrogens is 4. The summed E-state index contributed by atoms with van der Waals surface area (Å²) >= 11 is 1.67. The van der Waals surface area contributed by atoms with E-state index in [0.29, 0.717) is 0 Å². The van der Waals surface area contributed by atoms with Gasteiger partial charge in [0.25, 0.3) is 0 Å². The van der Waals surface area contributed by atoms with Crippen molar-refractivity contribution in [1.82, 2.24) is 19.9 Å². The highest BCUT2D eigenvalue weighted by Gasteiger charge is 2.15. The molecule has 32 heavy (non-hydrogen) atoms. The fourth-order valence-electron chi connectivity index (χ4n) is 4.46. The number of H-pyrrole nitrogens is 1. The smallest absolute Gasteiger partial charge is 0.225 e. The van der Waals surface area contributed by atoms with Gasteiger partial charge in [-0.1, -0.05) is 0 Å². The zero-order chi connectivity index (χ0) is 21.5. The monoisotopic (exact) mass is 440 g/mol. The van der Waals surface area contributed by atoms with Crippen LogP contribution in [-0.4, -0.2) is 33.0 Å². The van der Waals surface area contributed by atoms with Crippen LogP contribution in [0.1, 0.15) is 24.8 Å². The Morgan fingerprint density at radius 3 is 2.62 bits per heavy atom. The van der Waals surface area contributed by atoms with Gasteiger partial charge in [-0.15, -0.1) is 11.3 Å². The van der Waals surface area contributed by atoms with E-state index in [9.17, 15) is 0 Å². The first kappa shape index (κ1) is 19.3. The van der Waals surface area contributed by atoms with Gasteiger partial charge in [-0.05, 0) is 62.1 Å². The number of hydrogen-bond donors (Lipinski definition) is 2. The molecule has 1 aliphatic heterocycles. The van der Waals surface area contributed by atoms with Crippen molar-refractivity contribution >= 4 is 49.8 Å². The second-order valence-electron chi connectivity index (χ2n) is 8.31. The van der Waals surface area contributed by atoms with E-state index < -0.39 is 0 Å². The number of hydrogen-bond acceptors (Lipinski definition) is 6. The van der Waals surface area contributed by atoms with E-state index in [4.69, 9.17) is 0 Å². The predicted molar refractivity (Wildman–Crippen MR) is 133 cm³/mol. The SMILES string of the molecule is Cc1c(Nc2ccnc3sc(-c4cnc(N5CCCCC5)nc4)cc23)ccc2[nH]ccc12. The van der Waals surface area contributed by atoms with Crippen LogP contribution in [0.15, 0.2) is 55.1 Å². The van der Waals surface area contributed by atoms with E-state index in [1.165, 1.54) is 30.2 Å². The number of aryl methyl sites for hydroxylation is 1. The zero-order valence-corrected chi connectivity index (χ0v) is 18.7. The molecule has 0 spiro atoms. The highest BCUT2D eigenvalue weighted by molar-refractivity contribution is 7.21. The molecule has 0 bridgehead atoms. The quantitative estimate of drug-likeness (QED) is 0.344. The van der Waals surface area contributed by atoms with Crippen LogP contribution >= 0.6 is 11.3 Å². The third-order valence-electron chi connectivity index (χ3n) is 6.27. The molecule has 7 heteroatoms. The lowest BCUT2D eigenvalue weighted by atomic mass is 10.1. The lowest BCUT2D eigenvalue weighted by molar-refractivity contribution is 0.568. The fourth-order valence-corrected chi connectivity index (χ4v) is 5.46. The molecule has 1 aliphatic rings. The van der Waals surface area contributed by atoms with Crippen molar-refractivity contribution in [1.29, 1.82) is 0 Å². The molecule has 6 rings (SSSR count). The van der Waals surface area contributed by atoms with Gasteiger partial charge in [0.2, 0.25) is 5.95 Å². The van der Waals surface area contributed by atoms with Crippen molar-refractivity contribution < 1.29 is 0 Å². The highest BCUT2D eigenvalue weighted by Crippen LogP contribution is 2.37. The number of aromatic amines is 1. The van der Waals surface area contributed by atoms with Crippen LogP contribution in [0.2, 0.25) is 0 Å². The zero-order valence-electron chi connectivity index (χ0n) is 17.9. The molecule has 2 N–H and O–H groups in total. The van der Waals surface area contributed by atoms with Crippen LogP contribution in [-0.2, 0) is 0 Å². The molecule has 1 saturated heterocycles. The molecular weight excluding hydrogens is 416 g/mol. The van der Waals surface area contributed by atoms with E-state index in [1.54, 1.807) is 11.3 Å². The summed E-state index contributed by atoms with van der Waals surface area (Å²) in [5, 5.41) is 5.97. The number of thiophene rings is 1. The van der Waals surface area contributed by atoms with Crippen LogP contribution in [0.5, 0.6) is 0 Å². The Bertz CT molecular complexity index is 1400. The van der Waals surface area contributed by atoms with E-state index in [1.807, 2.05) is 30.9 Å². The van der Waals surface area contributed by atoms with Crippen LogP contribution in [0, 0.1) is 6.92 Å². The maximum Gasteiger partial charge on any atom is 0.225 e. The van der Waals surface area contributed by atoms with Gasteiger partial charge in [-0.25, -0.2) is 15.0 Å². The van der Waals surface area contributed by atoms with E-state index in [2.05, 4.69) is 61.3 Å². The number of piperidine rings is 1. The first-order valence-corrected chi connectivity index (χ1v) is 11.9. The summed E-state index contributed by atoms with van der Waals surface area (Å²) in [6, 6.07) is 10.6. The number of anilines is 3. The third kappa shape index (κ3) is 3.39. The average molecular weight is 441 g/mol. The molecule has 0 radical (unpaired) electrons. The standard InChI is InChI=1S/C25H24N6S/c1-16-18-7-9-26-21(18)6-5-20(16)30-22-8-10-27-24-19(22)13-23(32-24)17-14-28-25(29-15-17)31-11-3-2-4-12-31/h5-10,13-15,26H,2-4,11-12H2,1H3,(H,27,30). The number of nitrogens with one attached hydrogen (secondary N) is 2. The number of pyridine rings is 1. The second kappa shape index (κ2) is 7.91. The van der Waals surface area contributed by atoms with E-state index in [0.717, 1.165) is 56.6 Å². The Labute approximate surface area is 190 Å². The number of nitrogens with zero attached hydrogens (tertiary/aromatic N) is 4. The molecule has 5 aromatic rings. The predicted octanol–water partition coefficient (Wildman–Crippen LogP) is 6.28. The van der Waals surface area contributed by atoms with Crippen molar-refractivity contribution in [2.24, 2.45) is 0 Å². The third-order valence-corrected chi connectivity index (χ3v) is 7.36. The summed E-state index contributed by atoms with van der Waals surface area (Å²) in [5.41, 5.74) is 5.57. The van der Waals surface area contributed by atoms with Crippen molar-refractivity contribution in [3.63, 3.8) is 0 Å². The summed E-state index contributed by atoms with van der Waals surface area (Å²) in [5.74, 6) is 0.839. The van der Waals surface area contributed by atoms with E-state index in [-0.39, 0.29) is 0 Å². The largest absolute Gasteiger partial charge is 0.361 e. The maximum atomic E-state index is 4.66. The first-order valence-electron chi connectivity index (χ1n) is 11.1. The Kier molecular flexibility index (Phi) is 4.76. The van der Waals surface area contributed by atoms with E-state index >= 15 is 0 Å². The molecule has 0 amide bonds. The van der Waals surface area contributed by atoms with Gasteiger partial charge in [0.05, 0.1) is 5.69 Å². The lowest BCUT2D eigenvalue weighted by Gasteiger charge is -2.26. The molecule has 1 fully saturated rings. The van der Waals surface area contributed by atoms with Crippen LogP contribution < -0.4 is 10.2 Å². The van der Waals surface area contributed by atoms with Crippen molar-refractivity contribution in [3.8, 4) is 10.4 Å². The summed E-state index contributed by atoms with van der Waals surface area (Å²) in [6.45, 7) is 4.25. The van der Waals surface area contributed by atoms with Crippen molar-refractivity contribution in [2.75, 3.05) is 23.3 Å². The molecule has 4 aromatic heterocycles. The molecule has 6 nitrogen and oxygen atoms in total. The summed E-state index contributed by atoms with van der Waals surface area (Å²) < 4.78 is 0. The first-order chi connectivity index (χ1) is 15.8. The molecule has 0 atom stereocenters. The fraction of sp³-hybridized carbons (Fsp3) is 0.240. The van der Waals surface area contributed by atoms with Crippen LogP contribution in [0.3, 0.4) is 0 Å². The van der Waals surface area contributed by atoms with Gasteiger partial charge in [0.1, 0.15) is 4.83 Å². The molecule has 0 unspecified atom stereocenters. The Morgan fingerprint density at radius 1 is 0.938 bits per heavy atom. The topological polar surface area (TPSA) is 69.7 Å². The summed E-state index contributed by atoms with van der Waals surface area (Å²) in [6.07, 6.45) is 11.5. The number of rotatable bonds is 4. The van der Waals surface area contributed by atoms with Crippen LogP contribution in [0.25, 0.3) is 31.6 Å². The molecule has 5 heterocycles. The minimum Gasteiger partial charge on any atom is -0.361 e. The Morgan fingerprint density at radius 2 is 1.78 bits per heavy atom. The Balaban J connectivity index is 1.32. The molecule has 1 aromatic carbocycles. The van der Waals surface area contributed by atoms with Gasteiger partial charge in [0.15, 0.2) is 0 Å². The second-order valence-corrected chi connectivity index (χ2v) is 9.34. The molecule has 0 aliphatic carbocycles. The Hall–Kier alpha value is -3.45. The highest BCUT2D eigenvalue weighted by atomic mass is 32.1. The van der Waals surface area contributed by atoms with Crippen molar-refractivity contribution in [3.05, 3.63) is 60.7 Å². The molecular formula is C25H24N6S. The number of benzene rings is 1. The summed E-state index contributed by atoms with van der Waals surface area (Å²) in [4.78, 5) is 21.6. The van der Waals surface area contributed by atoms with Gasteiger partial charge in [0, 0.05) is 70.3 Å². The van der Waals surface area contributed by atoms with Crippen molar-refractivity contribution in [2.45, 2.75) is 26.2 Å². The van der Waals surface area contributed by atoms with Gasteiger partial charge >= 0.3 is 0 Å². The van der Waals surface area contributed by atoms with Gasteiger partial charge < -0.3 is 15.2 Å². The minimum absolute atomic E-state index is 0.839. The maximum absolute atomic E-state index is 4.66. The minimum atomic E-state index is 0.839. The van der Waals surface area contributed by atoms with Gasteiger partial charge in [-0.3, -0.25) is 0 Å². The normalized spacial score (nSPS) is 14.3. The average Bonchev–Trinajstić information content (AvgIpc) is 3.50.